The molecular formula is C24H14Br2S5. The van der Waals surface area contributed by atoms with Gasteiger partial charge in [-0.1, -0.05) is 0 Å². The molecule has 2 aromatic carbocycles. The lowest BCUT2D eigenvalue weighted by Crippen LogP contribution is -1.83. The van der Waals surface area contributed by atoms with Gasteiger partial charge in [0.2, 0.25) is 0 Å². The highest BCUT2D eigenvalue weighted by molar-refractivity contribution is 9.11. The minimum Gasteiger partial charge on any atom is -0.142 e. The van der Waals surface area contributed by atoms with E-state index >= 15 is 0 Å². The van der Waals surface area contributed by atoms with Gasteiger partial charge in [0, 0.05) is 70.8 Å². The van der Waals surface area contributed by atoms with E-state index in [0.717, 1.165) is 0 Å². The fourth-order valence-corrected chi connectivity index (χ4v) is 13.0. The average Bonchev–Trinajstić information content (AvgIpc) is 3.51. The molecule has 0 radical (unpaired) electrons. The van der Waals surface area contributed by atoms with Crippen LogP contribution in [0.15, 0.2) is 19.7 Å². The second-order valence-corrected chi connectivity index (χ2v) is 15.2. The van der Waals surface area contributed by atoms with Crippen LogP contribution in [-0.4, -0.2) is 0 Å². The Labute approximate surface area is 215 Å². The van der Waals surface area contributed by atoms with Crippen molar-refractivity contribution in [2.24, 2.45) is 0 Å². The maximum atomic E-state index is 3.89. The molecule has 154 valence electrons. The summed E-state index contributed by atoms with van der Waals surface area (Å²) in [5, 5.41) is 13.2. The molecule has 0 bridgehead atoms. The van der Waals surface area contributed by atoms with Crippen molar-refractivity contribution in [1.82, 2.24) is 0 Å². The van der Waals surface area contributed by atoms with Crippen LogP contribution in [0.1, 0.15) is 22.3 Å². The predicted octanol–water partition coefficient (Wildman–Crippen LogP) is 11.7. The van der Waals surface area contributed by atoms with Crippen LogP contribution in [0.2, 0.25) is 0 Å². The second kappa shape index (κ2) is 6.53. The Bertz CT molecular complexity index is 1760. The normalized spacial score (nSPS) is 12.8. The van der Waals surface area contributed by atoms with Gasteiger partial charge in [0.1, 0.15) is 0 Å². The topological polar surface area (TPSA) is 0 Å². The van der Waals surface area contributed by atoms with Gasteiger partial charge in [0.15, 0.2) is 0 Å². The van der Waals surface area contributed by atoms with Crippen LogP contribution in [0.25, 0.3) is 59.1 Å². The van der Waals surface area contributed by atoms with Gasteiger partial charge in [-0.2, -0.15) is 0 Å². The average molecular weight is 623 g/mol. The molecule has 0 saturated heterocycles. The van der Waals surface area contributed by atoms with Gasteiger partial charge in [-0.25, -0.2) is 0 Å². The summed E-state index contributed by atoms with van der Waals surface area (Å²) in [5.41, 5.74) is 5.72. The van der Waals surface area contributed by atoms with E-state index in [9.17, 15) is 0 Å². The Morgan fingerprint density at radius 2 is 0.871 bits per heavy atom. The van der Waals surface area contributed by atoms with Crippen molar-refractivity contribution in [3.63, 3.8) is 0 Å². The summed E-state index contributed by atoms with van der Waals surface area (Å²) in [5.74, 6) is 0. The lowest BCUT2D eigenvalue weighted by atomic mass is 9.99. The summed E-state index contributed by atoms with van der Waals surface area (Å²) in [6, 6.07) is 0. The fourth-order valence-electron chi connectivity index (χ4n) is 4.88. The van der Waals surface area contributed by atoms with Gasteiger partial charge in [-0.3, -0.25) is 0 Å². The van der Waals surface area contributed by atoms with E-state index < -0.39 is 0 Å². The molecular weight excluding hydrogens is 608 g/mol. The zero-order valence-corrected chi connectivity index (χ0v) is 24.2. The van der Waals surface area contributed by atoms with Crippen molar-refractivity contribution in [2.75, 3.05) is 0 Å². The number of fused-ring (bicyclic) bond motifs is 11. The Balaban J connectivity index is 1.87. The molecule has 7 heteroatoms. The van der Waals surface area contributed by atoms with Crippen LogP contribution in [-0.2, 0) is 0 Å². The minimum absolute atomic E-state index is 1.23. The summed E-state index contributed by atoms with van der Waals surface area (Å²) in [4.78, 5) is 0. The van der Waals surface area contributed by atoms with Crippen LogP contribution in [0.5, 0.6) is 0 Å². The van der Waals surface area contributed by atoms with E-state index in [1.54, 1.807) is 0 Å². The first-order chi connectivity index (χ1) is 14.9. The summed E-state index contributed by atoms with van der Waals surface area (Å²) in [7, 11) is 0. The smallest absolute Gasteiger partial charge is 0.0899 e. The molecule has 0 saturated carbocycles. The van der Waals surface area contributed by atoms with Gasteiger partial charge >= 0.3 is 0 Å². The maximum absolute atomic E-state index is 3.89. The largest absolute Gasteiger partial charge is 0.142 e. The highest BCUT2D eigenvalue weighted by Gasteiger charge is 2.25. The van der Waals surface area contributed by atoms with Gasteiger partial charge < -0.3 is 0 Å². The molecule has 0 fully saturated rings. The molecule has 0 nitrogen and oxygen atoms in total. The molecule has 7 rings (SSSR count). The van der Waals surface area contributed by atoms with Crippen molar-refractivity contribution >= 4 is 148 Å². The van der Waals surface area contributed by atoms with E-state index in [-0.39, 0.29) is 0 Å². The maximum Gasteiger partial charge on any atom is 0.0899 e. The van der Waals surface area contributed by atoms with Gasteiger partial charge in [-0.15, -0.1) is 56.7 Å². The van der Waals surface area contributed by atoms with Crippen molar-refractivity contribution in [2.45, 2.75) is 27.7 Å². The highest BCUT2D eigenvalue weighted by Crippen LogP contribution is 2.56. The van der Waals surface area contributed by atoms with Crippen LogP contribution in [0.4, 0.5) is 0 Å². The molecule has 5 aromatic heterocycles. The van der Waals surface area contributed by atoms with E-state index in [2.05, 4.69) is 70.3 Å². The summed E-state index contributed by atoms with van der Waals surface area (Å²) < 4.78 is 11.1. The van der Waals surface area contributed by atoms with Gasteiger partial charge in [-0.05, 0) is 81.8 Å². The molecule has 0 amide bonds. The second-order valence-electron chi connectivity index (χ2n) is 8.11. The monoisotopic (exact) mass is 620 g/mol. The predicted molar refractivity (Wildman–Crippen MR) is 155 cm³/mol. The lowest BCUT2D eigenvalue weighted by molar-refractivity contribution is 1.44. The van der Waals surface area contributed by atoms with E-state index in [1.165, 1.54) is 90.3 Å². The third-order valence-electron chi connectivity index (χ3n) is 6.67. The molecule has 5 heterocycles. The molecule has 0 aliphatic heterocycles. The van der Waals surface area contributed by atoms with Crippen molar-refractivity contribution < 1.29 is 0 Å². The molecule has 0 N–H and O–H groups in total. The van der Waals surface area contributed by atoms with E-state index in [1.807, 2.05) is 56.7 Å². The lowest BCUT2D eigenvalue weighted by Gasteiger charge is -2.07. The standard InChI is InChI=1S/C24H14Br2S5/c1-7-9(3)21-15(13-11(25)5-27-19(7)13)17-18-16-14-12(26)6-28-20(14)8(2)10(4)22(16)30-24(18)31-23(17)29-21/h5-6H,1-4H3. The molecule has 0 spiro atoms. The summed E-state index contributed by atoms with van der Waals surface area (Å²) >= 11 is 17.5. The Hall–Kier alpha value is -0.540. The number of hydrogen-bond donors (Lipinski definition) is 0. The van der Waals surface area contributed by atoms with Gasteiger partial charge in [0.25, 0.3) is 0 Å². The van der Waals surface area contributed by atoms with Crippen molar-refractivity contribution in [3.8, 4) is 0 Å². The number of aryl methyl sites for hydroxylation is 4. The molecule has 0 aliphatic carbocycles. The number of benzene rings is 2. The van der Waals surface area contributed by atoms with Crippen LogP contribution in [0, 0.1) is 27.7 Å². The molecule has 7 aromatic rings. The van der Waals surface area contributed by atoms with Gasteiger partial charge in [0.05, 0.1) is 8.03 Å². The SMILES string of the molecule is Cc1c(C)c2sc3sc4sc5c(C)c(C)c6scc(Br)c6c5c4c3c2c2c(Br)csc12. The third kappa shape index (κ3) is 2.34. The number of rotatable bonds is 0. The molecule has 0 aliphatic rings. The Morgan fingerprint density at radius 1 is 0.484 bits per heavy atom. The van der Waals surface area contributed by atoms with Crippen LogP contribution < -0.4 is 0 Å². The first-order valence-electron chi connectivity index (χ1n) is 9.81. The Kier molecular flexibility index (Phi) is 4.19. The molecule has 0 atom stereocenters. The third-order valence-corrected chi connectivity index (χ3v) is 14.7. The van der Waals surface area contributed by atoms with E-state index in [4.69, 9.17) is 0 Å². The first kappa shape index (κ1) is 19.9. The number of thiophene rings is 5. The minimum atomic E-state index is 1.23. The van der Waals surface area contributed by atoms with Crippen molar-refractivity contribution in [3.05, 3.63) is 42.0 Å². The summed E-state index contributed by atoms with van der Waals surface area (Å²) in [6.07, 6.45) is 0. The van der Waals surface area contributed by atoms with Crippen LogP contribution in [0.3, 0.4) is 0 Å². The van der Waals surface area contributed by atoms with Crippen LogP contribution >= 0.6 is 88.5 Å². The molecule has 31 heavy (non-hydrogen) atoms. The number of hydrogen-bond acceptors (Lipinski definition) is 5. The Morgan fingerprint density at radius 3 is 1.29 bits per heavy atom. The highest BCUT2D eigenvalue weighted by atomic mass is 79.9. The molecule has 0 unspecified atom stereocenters. The zero-order valence-electron chi connectivity index (χ0n) is 17.0. The quantitative estimate of drug-likeness (QED) is 0.158. The fraction of sp³-hybridized carbons (Fsp3) is 0.167. The van der Waals surface area contributed by atoms with Crippen molar-refractivity contribution in [1.29, 1.82) is 0 Å². The number of halogens is 2. The zero-order chi connectivity index (χ0) is 21.3. The first-order valence-corrected chi connectivity index (χ1v) is 15.6. The van der Waals surface area contributed by atoms with E-state index in [0.29, 0.717) is 0 Å². The summed E-state index contributed by atoms with van der Waals surface area (Å²) in [6.45, 7) is 9.16.